The van der Waals surface area contributed by atoms with Gasteiger partial charge in [0, 0.05) is 11.6 Å². The Morgan fingerprint density at radius 3 is 2.86 bits per heavy atom. The second-order valence-electron chi connectivity index (χ2n) is 2.43. The quantitative estimate of drug-likeness (QED) is 0.343. The predicted octanol–water partition coefficient (Wildman–Crippen LogP) is 1.41. The van der Waals surface area contributed by atoms with E-state index < -0.39 is 4.92 Å². The zero-order valence-electron chi connectivity index (χ0n) is 7.38. The minimum atomic E-state index is -0.562. The van der Waals surface area contributed by atoms with Crippen LogP contribution in [0, 0.1) is 10.1 Å². The Labute approximate surface area is 79.6 Å². The number of benzene rings is 1. The molecule has 0 spiro atoms. The molecule has 6 nitrogen and oxygen atoms in total. The molecule has 0 aliphatic rings. The fraction of sp³-hybridized carbons (Fsp3) is 0.125. The van der Waals surface area contributed by atoms with Crippen LogP contribution in [0.25, 0.3) is 0 Å². The molecule has 74 valence electrons. The van der Waals surface area contributed by atoms with Gasteiger partial charge in [0.25, 0.3) is 0 Å². The minimum Gasteiger partial charge on any atom is -0.490 e. The fourth-order valence-electron chi connectivity index (χ4n) is 0.997. The summed E-state index contributed by atoms with van der Waals surface area (Å²) in [5.41, 5.74) is 0.268. The first kappa shape index (κ1) is 9.97. The highest BCUT2D eigenvalue weighted by Gasteiger charge is 2.14. The second-order valence-corrected chi connectivity index (χ2v) is 2.43. The highest BCUT2D eigenvalue weighted by molar-refractivity contribution is 5.81. The number of methoxy groups -OCH3 is 1. The van der Waals surface area contributed by atoms with Gasteiger partial charge in [-0.3, -0.25) is 10.1 Å². The summed E-state index contributed by atoms with van der Waals surface area (Å²) in [5.74, 6) is 0.171. The normalized spacial score (nSPS) is 10.4. The molecule has 1 aromatic carbocycles. The van der Waals surface area contributed by atoms with E-state index in [1.807, 2.05) is 0 Å². The first-order chi connectivity index (χ1) is 6.69. The van der Waals surface area contributed by atoms with E-state index in [9.17, 15) is 10.1 Å². The molecule has 0 aromatic heterocycles. The lowest BCUT2D eigenvalue weighted by molar-refractivity contribution is -0.385. The van der Waals surface area contributed by atoms with Crippen molar-refractivity contribution in [1.29, 1.82) is 0 Å². The van der Waals surface area contributed by atoms with Gasteiger partial charge in [-0.1, -0.05) is 5.16 Å². The van der Waals surface area contributed by atoms with Crippen molar-refractivity contribution in [1.82, 2.24) is 0 Å². The van der Waals surface area contributed by atoms with Crippen LogP contribution in [0.3, 0.4) is 0 Å². The van der Waals surface area contributed by atoms with Crippen LogP contribution >= 0.6 is 0 Å². The molecule has 0 saturated heterocycles. The number of rotatable bonds is 3. The highest BCUT2D eigenvalue weighted by Crippen LogP contribution is 2.26. The molecule has 0 atom stereocenters. The van der Waals surface area contributed by atoms with Crippen LogP contribution in [-0.4, -0.2) is 23.5 Å². The van der Waals surface area contributed by atoms with Gasteiger partial charge in [-0.2, -0.15) is 0 Å². The Kier molecular flexibility index (Phi) is 3.01. The molecule has 14 heavy (non-hydrogen) atoms. The number of nitro benzene ring substituents is 1. The minimum absolute atomic E-state index is 0.162. The van der Waals surface area contributed by atoms with E-state index in [0.717, 1.165) is 6.21 Å². The number of oxime groups is 1. The molecule has 0 fully saturated rings. The third-order valence-corrected chi connectivity index (χ3v) is 1.61. The SMILES string of the molecule is COc1ccc(C=NO)cc1[N+](=O)[O-]. The molecule has 1 aromatic rings. The van der Waals surface area contributed by atoms with Crippen LogP contribution in [0.5, 0.6) is 5.75 Å². The molecule has 0 heterocycles. The molecule has 6 heteroatoms. The lowest BCUT2D eigenvalue weighted by atomic mass is 10.2. The molecule has 0 amide bonds. The zero-order chi connectivity index (χ0) is 10.6. The topological polar surface area (TPSA) is 85.0 Å². The lowest BCUT2D eigenvalue weighted by Gasteiger charge is -2.01. The monoisotopic (exact) mass is 196 g/mol. The van der Waals surface area contributed by atoms with Gasteiger partial charge in [0.1, 0.15) is 0 Å². The van der Waals surface area contributed by atoms with Crippen molar-refractivity contribution in [2.24, 2.45) is 5.16 Å². The van der Waals surface area contributed by atoms with Crippen LogP contribution in [0.1, 0.15) is 5.56 Å². The van der Waals surface area contributed by atoms with E-state index in [-0.39, 0.29) is 11.4 Å². The summed E-state index contributed by atoms with van der Waals surface area (Å²) in [5, 5.41) is 21.6. The van der Waals surface area contributed by atoms with E-state index in [2.05, 4.69) is 5.16 Å². The van der Waals surface area contributed by atoms with Gasteiger partial charge in [-0.25, -0.2) is 0 Å². The summed E-state index contributed by atoms with van der Waals surface area (Å²) >= 11 is 0. The number of ether oxygens (including phenoxy) is 1. The van der Waals surface area contributed by atoms with Crippen molar-refractivity contribution in [2.75, 3.05) is 7.11 Å². The van der Waals surface area contributed by atoms with Crippen LogP contribution in [0.2, 0.25) is 0 Å². The molecule has 0 saturated carbocycles. The Balaban J connectivity index is 3.20. The average Bonchev–Trinajstić information content (AvgIpc) is 2.18. The molecule has 0 radical (unpaired) electrons. The van der Waals surface area contributed by atoms with Gasteiger partial charge in [0.05, 0.1) is 18.2 Å². The van der Waals surface area contributed by atoms with Crippen LogP contribution in [0.15, 0.2) is 23.4 Å². The summed E-state index contributed by atoms with van der Waals surface area (Å²) in [4.78, 5) is 9.99. The number of nitro groups is 1. The Bertz CT molecular complexity index is 376. The van der Waals surface area contributed by atoms with Gasteiger partial charge in [0.2, 0.25) is 0 Å². The molecule has 0 aliphatic carbocycles. The van der Waals surface area contributed by atoms with Crippen molar-refractivity contribution in [3.63, 3.8) is 0 Å². The molecule has 0 aliphatic heterocycles. The van der Waals surface area contributed by atoms with E-state index in [1.165, 1.54) is 19.2 Å². The highest BCUT2D eigenvalue weighted by atomic mass is 16.6. The van der Waals surface area contributed by atoms with Gasteiger partial charge in [-0.05, 0) is 12.1 Å². The van der Waals surface area contributed by atoms with Gasteiger partial charge < -0.3 is 9.94 Å². The third-order valence-electron chi connectivity index (χ3n) is 1.61. The first-order valence-electron chi connectivity index (χ1n) is 3.69. The summed E-state index contributed by atoms with van der Waals surface area (Å²) < 4.78 is 4.79. The number of hydrogen-bond acceptors (Lipinski definition) is 5. The number of nitrogens with zero attached hydrogens (tertiary/aromatic N) is 2. The van der Waals surface area contributed by atoms with E-state index in [0.29, 0.717) is 5.56 Å². The summed E-state index contributed by atoms with van der Waals surface area (Å²) in [7, 11) is 1.35. The third kappa shape index (κ3) is 1.98. The smallest absolute Gasteiger partial charge is 0.311 e. The maximum absolute atomic E-state index is 10.6. The Morgan fingerprint density at radius 2 is 2.36 bits per heavy atom. The van der Waals surface area contributed by atoms with E-state index in [4.69, 9.17) is 9.94 Å². The van der Waals surface area contributed by atoms with E-state index in [1.54, 1.807) is 6.07 Å². The summed E-state index contributed by atoms with van der Waals surface area (Å²) in [6.45, 7) is 0. The van der Waals surface area contributed by atoms with Gasteiger partial charge >= 0.3 is 5.69 Å². The van der Waals surface area contributed by atoms with Crippen LogP contribution in [-0.2, 0) is 0 Å². The van der Waals surface area contributed by atoms with Crippen molar-refractivity contribution in [2.45, 2.75) is 0 Å². The molecule has 0 bridgehead atoms. The van der Waals surface area contributed by atoms with Crippen molar-refractivity contribution >= 4 is 11.9 Å². The van der Waals surface area contributed by atoms with Gasteiger partial charge in [0.15, 0.2) is 5.75 Å². The standard InChI is InChI=1S/C8H8N2O4/c1-14-8-3-2-6(5-9-11)4-7(8)10(12)13/h2-5,11H,1H3. The second kappa shape index (κ2) is 4.22. The van der Waals surface area contributed by atoms with Crippen LogP contribution in [0.4, 0.5) is 5.69 Å². The molecule has 1 rings (SSSR count). The van der Waals surface area contributed by atoms with Gasteiger partial charge in [-0.15, -0.1) is 0 Å². The largest absolute Gasteiger partial charge is 0.490 e. The van der Waals surface area contributed by atoms with Crippen molar-refractivity contribution < 1.29 is 14.9 Å². The lowest BCUT2D eigenvalue weighted by Crippen LogP contribution is -1.95. The predicted molar refractivity (Wildman–Crippen MR) is 49.0 cm³/mol. The first-order valence-corrected chi connectivity index (χ1v) is 3.69. The van der Waals surface area contributed by atoms with Crippen molar-refractivity contribution in [3.05, 3.63) is 33.9 Å². The molecule has 0 unspecified atom stereocenters. The Hall–Kier alpha value is -2.11. The van der Waals surface area contributed by atoms with Crippen molar-refractivity contribution in [3.8, 4) is 5.75 Å². The summed E-state index contributed by atoms with van der Waals surface area (Å²) in [6, 6.07) is 4.25. The van der Waals surface area contributed by atoms with E-state index >= 15 is 0 Å². The zero-order valence-corrected chi connectivity index (χ0v) is 7.38. The maximum atomic E-state index is 10.6. The average molecular weight is 196 g/mol. The molecular weight excluding hydrogens is 188 g/mol. The Morgan fingerprint density at radius 1 is 1.64 bits per heavy atom. The molecule has 1 N–H and O–H groups in total. The fourth-order valence-corrected chi connectivity index (χ4v) is 0.997. The number of hydrogen-bond donors (Lipinski definition) is 1. The molecular formula is C8H8N2O4. The summed E-state index contributed by atoms with van der Waals surface area (Å²) in [6.07, 6.45) is 1.10. The maximum Gasteiger partial charge on any atom is 0.311 e. The van der Waals surface area contributed by atoms with Crippen LogP contribution < -0.4 is 4.74 Å².